The average Bonchev–Trinajstić information content (AvgIpc) is 3.25. The van der Waals surface area contributed by atoms with E-state index in [-0.39, 0.29) is 18.5 Å². The van der Waals surface area contributed by atoms with Gasteiger partial charge in [0.15, 0.2) is 0 Å². The Morgan fingerprint density at radius 1 is 1.10 bits per heavy atom. The lowest BCUT2D eigenvalue weighted by molar-refractivity contribution is -0.119. The van der Waals surface area contributed by atoms with Gasteiger partial charge in [0.05, 0.1) is 39.1 Å². The van der Waals surface area contributed by atoms with E-state index in [0.717, 1.165) is 36.4 Å². The number of likely N-dealkylation sites (tertiary alicyclic amines) is 1. The Balaban J connectivity index is 1.79. The zero-order chi connectivity index (χ0) is 21.7. The Labute approximate surface area is 177 Å². The number of methoxy groups -OCH3 is 3. The van der Waals surface area contributed by atoms with Crippen molar-refractivity contribution in [1.82, 2.24) is 4.90 Å². The topological polar surface area (TPSA) is 68.3 Å². The van der Waals surface area contributed by atoms with Gasteiger partial charge in [-0.1, -0.05) is 18.2 Å². The van der Waals surface area contributed by atoms with E-state index >= 15 is 0 Å². The normalized spacial score (nSPS) is 16.2. The fourth-order valence-corrected chi connectivity index (χ4v) is 3.92. The highest BCUT2D eigenvalue weighted by atomic mass is 16.5. The van der Waals surface area contributed by atoms with Gasteiger partial charge in [-0.2, -0.15) is 0 Å². The standard InChI is InChI=1S/C23H28N2O5/c1-24(19-9-6-5-8-18(19)23(27)30-4)22(26)15-25-13-7-10-20(25)17-12-11-16(28-2)14-21(17)29-3/h5-6,8-9,11-12,14,20H,7,10,13,15H2,1-4H3/t20-/m0/s1. The molecule has 0 N–H and O–H groups in total. The summed E-state index contributed by atoms with van der Waals surface area (Å²) in [6.45, 7) is 1.06. The second-order valence-corrected chi connectivity index (χ2v) is 7.20. The average molecular weight is 412 g/mol. The number of anilines is 1. The molecule has 0 spiro atoms. The van der Waals surface area contributed by atoms with Crippen molar-refractivity contribution in [3.8, 4) is 11.5 Å². The van der Waals surface area contributed by atoms with Crippen molar-refractivity contribution < 1.29 is 23.8 Å². The van der Waals surface area contributed by atoms with Crippen LogP contribution in [0.4, 0.5) is 5.69 Å². The van der Waals surface area contributed by atoms with Crippen LogP contribution >= 0.6 is 0 Å². The van der Waals surface area contributed by atoms with E-state index in [0.29, 0.717) is 11.3 Å². The zero-order valence-electron chi connectivity index (χ0n) is 17.9. The minimum atomic E-state index is -0.465. The second kappa shape index (κ2) is 9.63. The molecule has 0 unspecified atom stereocenters. The summed E-state index contributed by atoms with van der Waals surface area (Å²) in [6.07, 6.45) is 1.94. The maximum atomic E-state index is 13.1. The molecule has 2 aromatic carbocycles. The Hall–Kier alpha value is -3.06. The molecule has 0 bridgehead atoms. The number of hydrogen-bond acceptors (Lipinski definition) is 6. The molecule has 160 valence electrons. The van der Waals surface area contributed by atoms with Crippen LogP contribution in [-0.2, 0) is 9.53 Å². The molecule has 7 nitrogen and oxygen atoms in total. The van der Waals surface area contributed by atoms with Crippen LogP contribution in [0.5, 0.6) is 11.5 Å². The second-order valence-electron chi connectivity index (χ2n) is 7.20. The molecule has 2 aromatic rings. The monoisotopic (exact) mass is 412 g/mol. The smallest absolute Gasteiger partial charge is 0.339 e. The quantitative estimate of drug-likeness (QED) is 0.650. The van der Waals surface area contributed by atoms with Gasteiger partial charge in [-0.05, 0) is 37.6 Å². The van der Waals surface area contributed by atoms with Crippen LogP contribution < -0.4 is 14.4 Å². The van der Waals surface area contributed by atoms with E-state index in [2.05, 4.69) is 4.90 Å². The maximum Gasteiger partial charge on any atom is 0.339 e. The number of hydrogen-bond donors (Lipinski definition) is 0. The SMILES string of the molecule is COC(=O)c1ccccc1N(C)C(=O)CN1CCC[C@H]1c1ccc(OC)cc1OC. The van der Waals surface area contributed by atoms with Gasteiger partial charge < -0.3 is 19.1 Å². The van der Waals surface area contributed by atoms with Crippen LogP contribution in [0.25, 0.3) is 0 Å². The highest BCUT2D eigenvalue weighted by Gasteiger charge is 2.31. The summed E-state index contributed by atoms with van der Waals surface area (Å²) in [5.41, 5.74) is 1.94. The lowest BCUT2D eigenvalue weighted by atomic mass is 10.0. The summed E-state index contributed by atoms with van der Waals surface area (Å²) in [6, 6.07) is 12.8. The number of esters is 1. The molecular formula is C23H28N2O5. The number of amides is 1. The zero-order valence-corrected chi connectivity index (χ0v) is 17.9. The van der Waals surface area contributed by atoms with E-state index in [4.69, 9.17) is 14.2 Å². The molecule has 30 heavy (non-hydrogen) atoms. The van der Waals surface area contributed by atoms with Crippen molar-refractivity contribution >= 4 is 17.6 Å². The van der Waals surface area contributed by atoms with Crippen molar-refractivity contribution in [1.29, 1.82) is 0 Å². The van der Waals surface area contributed by atoms with Crippen molar-refractivity contribution in [2.75, 3.05) is 46.4 Å². The lowest BCUT2D eigenvalue weighted by Gasteiger charge is -2.28. The van der Waals surface area contributed by atoms with Crippen LogP contribution in [-0.4, -0.2) is 58.2 Å². The van der Waals surface area contributed by atoms with Crippen molar-refractivity contribution in [2.45, 2.75) is 18.9 Å². The summed E-state index contributed by atoms with van der Waals surface area (Å²) in [5, 5.41) is 0. The van der Waals surface area contributed by atoms with E-state index < -0.39 is 5.97 Å². The third kappa shape index (κ3) is 4.41. The first-order valence-corrected chi connectivity index (χ1v) is 9.90. The van der Waals surface area contributed by atoms with Crippen LogP contribution in [0, 0.1) is 0 Å². The van der Waals surface area contributed by atoms with E-state index in [1.807, 2.05) is 18.2 Å². The first-order valence-electron chi connectivity index (χ1n) is 9.90. The first kappa shape index (κ1) is 21.6. The predicted molar refractivity (Wildman–Crippen MR) is 114 cm³/mol. The highest BCUT2D eigenvalue weighted by molar-refractivity contribution is 6.02. The van der Waals surface area contributed by atoms with E-state index in [1.165, 1.54) is 12.0 Å². The maximum absolute atomic E-state index is 13.1. The molecule has 1 fully saturated rings. The molecule has 0 radical (unpaired) electrons. The molecule has 1 heterocycles. The number of ether oxygens (including phenoxy) is 3. The Morgan fingerprint density at radius 2 is 1.87 bits per heavy atom. The minimum absolute atomic E-state index is 0.0825. The summed E-state index contributed by atoms with van der Waals surface area (Å²) in [4.78, 5) is 28.8. The fraction of sp³-hybridized carbons (Fsp3) is 0.391. The third-order valence-electron chi connectivity index (χ3n) is 5.55. The van der Waals surface area contributed by atoms with Crippen LogP contribution in [0.3, 0.4) is 0 Å². The van der Waals surface area contributed by atoms with Gasteiger partial charge in [-0.25, -0.2) is 4.79 Å². The summed E-state index contributed by atoms with van der Waals surface area (Å²) >= 11 is 0. The number of carbonyl (C=O) groups is 2. The number of rotatable bonds is 7. The third-order valence-corrected chi connectivity index (χ3v) is 5.55. The summed E-state index contributed by atoms with van der Waals surface area (Å²) in [7, 11) is 6.28. The van der Waals surface area contributed by atoms with Crippen molar-refractivity contribution in [3.05, 3.63) is 53.6 Å². The molecule has 3 rings (SSSR count). The van der Waals surface area contributed by atoms with Gasteiger partial charge in [0, 0.05) is 24.7 Å². The van der Waals surface area contributed by atoms with Crippen LogP contribution in [0.15, 0.2) is 42.5 Å². The van der Waals surface area contributed by atoms with E-state index in [1.54, 1.807) is 45.5 Å². The van der Waals surface area contributed by atoms with Gasteiger partial charge >= 0.3 is 5.97 Å². The van der Waals surface area contributed by atoms with Gasteiger partial charge in [0.25, 0.3) is 0 Å². The van der Waals surface area contributed by atoms with Crippen LogP contribution in [0.1, 0.15) is 34.8 Å². The molecule has 1 aliphatic rings. The first-order chi connectivity index (χ1) is 14.5. The minimum Gasteiger partial charge on any atom is -0.497 e. The van der Waals surface area contributed by atoms with Crippen molar-refractivity contribution in [3.63, 3.8) is 0 Å². The summed E-state index contributed by atoms with van der Waals surface area (Å²) in [5.74, 6) is 0.927. The molecule has 1 amide bonds. The number of carbonyl (C=O) groups excluding carboxylic acids is 2. The molecular weight excluding hydrogens is 384 g/mol. The highest BCUT2D eigenvalue weighted by Crippen LogP contribution is 2.38. The van der Waals surface area contributed by atoms with Gasteiger partial charge in [-0.3, -0.25) is 9.69 Å². The Kier molecular flexibility index (Phi) is 6.95. The molecule has 1 saturated heterocycles. The number of benzene rings is 2. The summed E-state index contributed by atoms with van der Waals surface area (Å²) < 4.78 is 15.7. The van der Waals surface area contributed by atoms with Crippen LogP contribution in [0.2, 0.25) is 0 Å². The number of nitrogens with zero attached hydrogens (tertiary/aromatic N) is 2. The fourth-order valence-electron chi connectivity index (χ4n) is 3.92. The van der Waals surface area contributed by atoms with Gasteiger partial charge in [-0.15, -0.1) is 0 Å². The van der Waals surface area contributed by atoms with Crippen molar-refractivity contribution in [2.24, 2.45) is 0 Å². The molecule has 0 aliphatic carbocycles. The molecule has 7 heteroatoms. The predicted octanol–water partition coefficient (Wildman–Crippen LogP) is 3.29. The van der Waals surface area contributed by atoms with E-state index in [9.17, 15) is 9.59 Å². The Bertz CT molecular complexity index is 914. The molecule has 1 aliphatic heterocycles. The molecule has 1 atom stereocenters. The van der Waals surface area contributed by atoms with Gasteiger partial charge in [0.2, 0.25) is 5.91 Å². The molecule has 0 saturated carbocycles. The lowest BCUT2D eigenvalue weighted by Crippen LogP contribution is -2.38. The number of para-hydroxylation sites is 1. The number of likely N-dealkylation sites (N-methyl/N-ethyl adjacent to an activating group) is 1. The largest absolute Gasteiger partial charge is 0.497 e. The Morgan fingerprint density at radius 3 is 2.57 bits per heavy atom. The molecule has 0 aromatic heterocycles. The van der Waals surface area contributed by atoms with Gasteiger partial charge in [0.1, 0.15) is 11.5 Å².